The van der Waals surface area contributed by atoms with E-state index in [0.717, 1.165) is 32.2 Å². The Bertz CT molecular complexity index is 523. The number of rotatable bonds is 2. The van der Waals surface area contributed by atoms with Gasteiger partial charge in [-0.3, -0.25) is 9.69 Å². The summed E-state index contributed by atoms with van der Waals surface area (Å²) in [4.78, 5) is 17.1. The zero-order valence-electron chi connectivity index (χ0n) is 12.1. The molecule has 1 saturated carbocycles. The van der Waals surface area contributed by atoms with Crippen LogP contribution in [0.25, 0.3) is 0 Å². The first kappa shape index (κ1) is 14.9. The Morgan fingerprint density at radius 3 is 2.43 bits per heavy atom. The molecule has 0 radical (unpaired) electrons. The van der Waals surface area contributed by atoms with Gasteiger partial charge in [0.15, 0.2) is 0 Å². The normalized spacial score (nSPS) is 21.0. The van der Waals surface area contributed by atoms with Crippen LogP contribution in [0, 0.1) is 5.82 Å². The third-order valence-electron chi connectivity index (χ3n) is 4.64. The van der Waals surface area contributed by atoms with Crippen LogP contribution in [0.2, 0.25) is 0 Å². The molecule has 2 aliphatic rings. The minimum absolute atomic E-state index is 0.0172. The summed E-state index contributed by atoms with van der Waals surface area (Å²) in [6.45, 7) is 3.42. The van der Waals surface area contributed by atoms with Gasteiger partial charge in [0.05, 0.1) is 0 Å². The number of nitrogens with zero attached hydrogens (tertiary/aromatic N) is 2. The average molecular weight is 308 g/mol. The molecule has 0 atom stereocenters. The summed E-state index contributed by atoms with van der Waals surface area (Å²) >= 11 is 4.05. The largest absolute Gasteiger partial charge is 0.336 e. The highest BCUT2D eigenvalue weighted by Crippen LogP contribution is 2.24. The number of hydrogen-bond donors (Lipinski definition) is 1. The number of benzene rings is 1. The summed E-state index contributed by atoms with van der Waals surface area (Å²) in [7, 11) is 0. The van der Waals surface area contributed by atoms with Gasteiger partial charge < -0.3 is 4.90 Å². The summed E-state index contributed by atoms with van der Waals surface area (Å²) in [5.41, 5.74) is 0.524. The third kappa shape index (κ3) is 3.24. The molecule has 0 N–H and O–H groups in total. The highest BCUT2D eigenvalue weighted by Gasteiger charge is 2.28. The molecule has 1 aliphatic carbocycles. The van der Waals surface area contributed by atoms with Crippen LogP contribution in [0.5, 0.6) is 0 Å². The van der Waals surface area contributed by atoms with E-state index in [-0.39, 0.29) is 16.6 Å². The van der Waals surface area contributed by atoms with Crippen LogP contribution in [0.4, 0.5) is 4.39 Å². The van der Waals surface area contributed by atoms with Gasteiger partial charge >= 0.3 is 0 Å². The van der Waals surface area contributed by atoms with Crippen molar-refractivity contribution in [3.05, 3.63) is 29.6 Å². The lowest BCUT2D eigenvalue weighted by Crippen LogP contribution is -2.51. The van der Waals surface area contributed by atoms with Crippen LogP contribution in [0.3, 0.4) is 0 Å². The van der Waals surface area contributed by atoms with E-state index < -0.39 is 0 Å². The van der Waals surface area contributed by atoms with E-state index in [1.807, 2.05) is 4.90 Å². The van der Waals surface area contributed by atoms with Crippen LogP contribution in [0.1, 0.15) is 36.0 Å². The number of halogens is 1. The lowest BCUT2D eigenvalue weighted by molar-refractivity contribution is 0.0573. The van der Waals surface area contributed by atoms with E-state index in [9.17, 15) is 9.18 Å². The maximum absolute atomic E-state index is 13.2. The van der Waals surface area contributed by atoms with Gasteiger partial charge in [-0.1, -0.05) is 12.8 Å². The molecule has 5 heteroatoms. The molecule has 0 spiro atoms. The van der Waals surface area contributed by atoms with Crippen LogP contribution in [0.15, 0.2) is 23.1 Å². The first-order valence-electron chi connectivity index (χ1n) is 7.67. The summed E-state index contributed by atoms with van der Waals surface area (Å²) in [6.07, 6.45) is 5.28. The smallest absolute Gasteiger partial charge is 0.253 e. The zero-order valence-corrected chi connectivity index (χ0v) is 13.0. The van der Waals surface area contributed by atoms with E-state index in [1.54, 1.807) is 6.07 Å². The average Bonchev–Trinajstić information content (AvgIpc) is 3.04. The number of piperazine rings is 1. The highest BCUT2D eigenvalue weighted by molar-refractivity contribution is 7.80. The van der Waals surface area contributed by atoms with Crippen molar-refractivity contribution in [2.75, 3.05) is 26.2 Å². The van der Waals surface area contributed by atoms with Crippen molar-refractivity contribution in [3.63, 3.8) is 0 Å². The topological polar surface area (TPSA) is 23.6 Å². The van der Waals surface area contributed by atoms with Gasteiger partial charge in [-0.2, -0.15) is 0 Å². The van der Waals surface area contributed by atoms with Gasteiger partial charge in [0.25, 0.3) is 5.91 Å². The van der Waals surface area contributed by atoms with Crippen LogP contribution >= 0.6 is 12.6 Å². The molecular formula is C16H21FN2OS. The second kappa shape index (κ2) is 6.36. The molecule has 1 saturated heterocycles. The summed E-state index contributed by atoms with van der Waals surface area (Å²) in [5.74, 6) is -0.405. The monoisotopic (exact) mass is 308 g/mol. The van der Waals surface area contributed by atoms with Crippen molar-refractivity contribution < 1.29 is 9.18 Å². The summed E-state index contributed by atoms with van der Waals surface area (Å²) < 4.78 is 13.2. The first-order valence-corrected chi connectivity index (χ1v) is 8.12. The molecule has 3 nitrogen and oxygen atoms in total. The molecule has 0 aromatic heterocycles. The molecule has 1 heterocycles. The first-order chi connectivity index (χ1) is 10.1. The molecule has 1 aliphatic heterocycles. The molecule has 1 aromatic carbocycles. The lowest BCUT2D eigenvalue weighted by atomic mass is 10.1. The maximum atomic E-state index is 13.2. The number of hydrogen-bond acceptors (Lipinski definition) is 3. The second-order valence-corrected chi connectivity index (χ2v) is 6.41. The highest BCUT2D eigenvalue weighted by atomic mass is 32.1. The maximum Gasteiger partial charge on any atom is 0.253 e. The third-order valence-corrected chi connectivity index (χ3v) is 4.98. The predicted molar refractivity (Wildman–Crippen MR) is 83.4 cm³/mol. The van der Waals surface area contributed by atoms with E-state index in [0.29, 0.717) is 5.56 Å². The fraction of sp³-hybridized carbons (Fsp3) is 0.562. The van der Waals surface area contributed by atoms with Gasteiger partial charge in [0, 0.05) is 42.7 Å². The molecule has 1 amide bonds. The van der Waals surface area contributed by atoms with Crippen molar-refractivity contribution in [2.45, 2.75) is 36.6 Å². The minimum Gasteiger partial charge on any atom is -0.336 e. The van der Waals surface area contributed by atoms with Gasteiger partial charge in [-0.05, 0) is 31.0 Å². The lowest BCUT2D eigenvalue weighted by Gasteiger charge is -2.38. The van der Waals surface area contributed by atoms with Crippen LogP contribution < -0.4 is 0 Å². The molecule has 21 heavy (non-hydrogen) atoms. The zero-order chi connectivity index (χ0) is 14.8. The Labute approximate surface area is 130 Å². The molecule has 1 aromatic rings. The van der Waals surface area contributed by atoms with Crippen LogP contribution in [-0.4, -0.2) is 47.9 Å². The fourth-order valence-corrected chi connectivity index (χ4v) is 3.60. The molecule has 2 fully saturated rings. The molecule has 3 rings (SSSR count). The van der Waals surface area contributed by atoms with Crippen molar-refractivity contribution in [1.82, 2.24) is 9.80 Å². The van der Waals surface area contributed by atoms with Crippen molar-refractivity contribution in [1.29, 1.82) is 0 Å². The summed E-state index contributed by atoms with van der Waals surface area (Å²) in [6, 6.07) is 5.09. The van der Waals surface area contributed by atoms with Gasteiger partial charge in [-0.15, -0.1) is 12.6 Å². The number of carbonyl (C=O) groups excluding carboxylic acids is 1. The Morgan fingerprint density at radius 2 is 1.81 bits per heavy atom. The summed E-state index contributed by atoms with van der Waals surface area (Å²) in [5, 5.41) is 0. The van der Waals surface area contributed by atoms with Crippen molar-refractivity contribution in [2.24, 2.45) is 0 Å². The van der Waals surface area contributed by atoms with E-state index >= 15 is 0 Å². The Kier molecular flexibility index (Phi) is 4.50. The van der Waals surface area contributed by atoms with Crippen LogP contribution in [-0.2, 0) is 0 Å². The van der Waals surface area contributed by atoms with Crippen molar-refractivity contribution in [3.8, 4) is 0 Å². The van der Waals surface area contributed by atoms with E-state index in [1.165, 1.54) is 37.8 Å². The fourth-order valence-electron chi connectivity index (χ4n) is 3.39. The van der Waals surface area contributed by atoms with Gasteiger partial charge in [-0.25, -0.2) is 4.39 Å². The predicted octanol–water partition coefficient (Wildman–Crippen LogP) is 2.81. The quantitative estimate of drug-likeness (QED) is 0.849. The Morgan fingerprint density at radius 1 is 1.14 bits per heavy atom. The molecule has 114 valence electrons. The van der Waals surface area contributed by atoms with E-state index in [2.05, 4.69) is 17.5 Å². The standard InChI is InChI=1S/C16H21FN2OS/c17-14-6-5-12(11-15(14)21)16(20)19-9-7-18(8-10-19)13-3-1-2-4-13/h5-6,11,13,21H,1-4,7-10H2. The van der Waals surface area contributed by atoms with Gasteiger partial charge in [0.2, 0.25) is 0 Å². The SMILES string of the molecule is O=C(c1ccc(F)c(S)c1)N1CCN(C2CCCC2)CC1. The number of thiol groups is 1. The van der Waals surface area contributed by atoms with E-state index in [4.69, 9.17) is 0 Å². The Balaban J connectivity index is 1.60. The van der Waals surface area contributed by atoms with Crippen molar-refractivity contribution >= 4 is 18.5 Å². The molecular weight excluding hydrogens is 287 g/mol. The molecule has 0 bridgehead atoms. The van der Waals surface area contributed by atoms with Gasteiger partial charge in [0.1, 0.15) is 5.82 Å². The molecule has 0 unspecified atom stereocenters. The number of carbonyl (C=O) groups is 1. The minimum atomic E-state index is -0.388. The second-order valence-electron chi connectivity index (χ2n) is 5.93. The Hall–Kier alpha value is -1.07. The number of amides is 1.